The molecule has 1 saturated carbocycles. The van der Waals surface area contributed by atoms with Gasteiger partial charge in [-0.15, -0.1) is 0 Å². The molecule has 7 heteroatoms. The maximum Gasteiger partial charge on any atom is 0.327 e. The van der Waals surface area contributed by atoms with Gasteiger partial charge in [-0.05, 0) is 44.2 Å². The van der Waals surface area contributed by atoms with Crippen LogP contribution in [0.5, 0.6) is 0 Å². The predicted octanol–water partition coefficient (Wildman–Crippen LogP) is 2.42. The molecule has 0 atom stereocenters. The Kier molecular flexibility index (Phi) is 3.02. The van der Waals surface area contributed by atoms with Gasteiger partial charge in [-0.1, -0.05) is 0 Å². The molecule has 3 rings (SSSR count). The summed E-state index contributed by atoms with van der Waals surface area (Å²) in [5, 5.41) is 9.29. The number of aromatic amines is 1. The molecule has 20 heavy (non-hydrogen) atoms. The topological polar surface area (TPSA) is 87.4 Å². The average molecular weight is 292 g/mol. The molecule has 2 heterocycles. The van der Waals surface area contributed by atoms with E-state index in [1.807, 2.05) is 6.92 Å². The molecule has 104 valence electrons. The number of hydrogen-bond acceptors (Lipinski definition) is 4. The van der Waals surface area contributed by atoms with E-state index in [-0.39, 0.29) is 22.4 Å². The lowest BCUT2D eigenvalue weighted by atomic mass is 9.75. The number of H-pyrrole nitrogens is 1. The Morgan fingerprint density at radius 2 is 2.25 bits per heavy atom. The van der Waals surface area contributed by atoms with Crippen LogP contribution in [-0.4, -0.2) is 19.5 Å². The average Bonchev–Trinajstić information content (AvgIpc) is 2.75. The molecule has 6 nitrogen and oxygen atoms in total. The third-order valence-electron chi connectivity index (χ3n) is 4.12. The van der Waals surface area contributed by atoms with E-state index in [0.717, 1.165) is 25.7 Å². The molecule has 0 aromatic carbocycles. The maximum absolute atomic E-state index is 12.1. The summed E-state index contributed by atoms with van der Waals surface area (Å²) in [4.78, 5) is 22.9. The van der Waals surface area contributed by atoms with Crippen LogP contribution in [0.2, 0.25) is 5.28 Å². The summed E-state index contributed by atoms with van der Waals surface area (Å²) < 4.78 is 1.65. The minimum absolute atomic E-state index is 0.0589. The molecule has 0 amide bonds. The Morgan fingerprint density at radius 1 is 1.55 bits per heavy atom. The van der Waals surface area contributed by atoms with Crippen molar-refractivity contribution in [3.8, 4) is 6.07 Å². The van der Waals surface area contributed by atoms with Gasteiger partial charge >= 0.3 is 5.69 Å². The first-order valence-corrected chi connectivity index (χ1v) is 6.94. The number of nitrogens with one attached hydrogen (secondary N) is 1. The number of halogens is 1. The van der Waals surface area contributed by atoms with Gasteiger partial charge in [-0.25, -0.2) is 9.78 Å². The zero-order chi connectivity index (χ0) is 14.3. The lowest BCUT2D eigenvalue weighted by Gasteiger charge is -2.32. The van der Waals surface area contributed by atoms with Crippen molar-refractivity contribution in [2.45, 2.75) is 38.6 Å². The molecule has 1 aliphatic carbocycles. The molecule has 0 spiro atoms. The van der Waals surface area contributed by atoms with Crippen molar-refractivity contribution in [2.24, 2.45) is 5.41 Å². The summed E-state index contributed by atoms with van der Waals surface area (Å²) in [5.74, 6) is 0. The molecule has 2 aromatic heterocycles. The highest BCUT2D eigenvalue weighted by Crippen LogP contribution is 2.40. The number of rotatable bonds is 1. The Labute approximate surface area is 120 Å². The highest BCUT2D eigenvalue weighted by Gasteiger charge is 2.33. The summed E-state index contributed by atoms with van der Waals surface area (Å²) >= 11 is 5.81. The molecule has 0 saturated heterocycles. The van der Waals surface area contributed by atoms with Crippen LogP contribution in [-0.2, 0) is 0 Å². The molecule has 0 bridgehead atoms. The molecule has 0 radical (unpaired) electrons. The first-order valence-electron chi connectivity index (χ1n) is 6.56. The van der Waals surface area contributed by atoms with Gasteiger partial charge in [0, 0.05) is 6.04 Å². The van der Waals surface area contributed by atoms with Gasteiger partial charge in [0.05, 0.1) is 17.7 Å². The standard InChI is InChI=1S/C13H14ClN5O/c1-13(7-15)4-2-8(3-5-13)19-10-9(17-12(19)20)6-16-11(14)18-10/h6,8H,2-5H2,1H3,(H,17,20). The number of nitrogens with zero attached hydrogens (tertiary/aromatic N) is 4. The fraction of sp³-hybridized carbons (Fsp3) is 0.538. The van der Waals surface area contributed by atoms with E-state index in [0.29, 0.717) is 11.2 Å². The number of nitriles is 1. The van der Waals surface area contributed by atoms with Crippen LogP contribution in [0.15, 0.2) is 11.0 Å². The van der Waals surface area contributed by atoms with Crippen LogP contribution in [0.4, 0.5) is 0 Å². The molecule has 1 aliphatic rings. The highest BCUT2D eigenvalue weighted by molar-refractivity contribution is 6.28. The van der Waals surface area contributed by atoms with Crippen LogP contribution < -0.4 is 5.69 Å². The third-order valence-corrected chi connectivity index (χ3v) is 4.30. The zero-order valence-corrected chi connectivity index (χ0v) is 11.8. The number of imidazole rings is 1. The van der Waals surface area contributed by atoms with Crippen molar-refractivity contribution < 1.29 is 0 Å². The normalized spacial score (nSPS) is 26.6. The third kappa shape index (κ3) is 2.08. The second-order valence-corrected chi connectivity index (χ2v) is 5.92. The Morgan fingerprint density at radius 3 is 2.90 bits per heavy atom. The van der Waals surface area contributed by atoms with Crippen LogP contribution in [0.3, 0.4) is 0 Å². The SMILES string of the molecule is CC1(C#N)CCC(n2c(=O)[nH]c3cnc(Cl)nc32)CC1. The van der Waals surface area contributed by atoms with E-state index in [2.05, 4.69) is 21.0 Å². The van der Waals surface area contributed by atoms with E-state index in [1.54, 1.807) is 4.57 Å². The van der Waals surface area contributed by atoms with Gasteiger partial charge < -0.3 is 4.98 Å². The van der Waals surface area contributed by atoms with E-state index < -0.39 is 0 Å². The van der Waals surface area contributed by atoms with Gasteiger partial charge in [0.2, 0.25) is 5.28 Å². The molecule has 2 aromatic rings. The van der Waals surface area contributed by atoms with Crippen molar-refractivity contribution in [2.75, 3.05) is 0 Å². The Balaban J connectivity index is 2.00. The molecule has 0 unspecified atom stereocenters. The number of hydrogen-bond donors (Lipinski definition) is 1. The summed E-state index contributed by atoms with van der Waals surface area (Å²) in [6.45, 7) is 1.97. The van der Waals surface area contributed by atoms with E-state index in [9.17, 15) is 4.79 Å². The smallest absolute Gasteiger partial charge is 0.303 e. The Bertz CT molecular complexity index is 748. The Hall–Kier alpha value is -1.87. The molecule has 0 aliphatic heterocycles. The second-order valence-electron chi connectivity index (χ2n) is 5.58. The van der Waals surface area contributed by atoms with Gasteiger partial charge in [0.15, 0.2) is 5.65 Å². The fourth-order valence-corrected chi connectivity index (χ4v) is 2.97. The molecule has 1 fully saturated rings. The minimum Gasteiger partial charge on any atom is -0.303 e. The number of aromatic nitrogens is 4. The largest absolute Gasteiger partial charge is 0.327 e. The maximum atomic E-state index is 12.1. The summed E-state index contributed by atoms with van der Waals surface area (Å²) in [6, 6.07) is 2.42. The molecule has 1 N–H and O–H groups in total. The van der Waals surface area contributed by atoms with Gasteiger partial charge in [-0.2, -0.15) is 10.2 Å². The van der Waals surface area contributed by atoms with E-state index >= 15 is 0 Å². The second kappa shape index (κ2) is 4.60. The van der Waals surface area contributed by atoms with Gasteiger partial charge in [0.1, 0.15) is 5.52 Å². The summed E-state index contributed by atoms with van der Waals surface area (Å²) in [5.41, 5.74) is 0.662. The zero-order valence-electron chi connectivity index (χ0n) is 11.1. The van der Waals surface area contributed by atoms with Crippen molar-refractivity contribution in [1.82, 2.24) is 19.5 Å². The highest BCUT2D eigenvalue weighted by atomic mass is 35.5. The molecular formula is C13H14ClN5O. The van der Waals surface area contributed by atoms with Crippen LogP contribution >= 0.6 is 11.6 Å². The van der Waals surface area contributed by atoms with Crippen LogP contribution in [0.1, 0.15) is 38.6 Å². The summed E-state index contributed by atoms with van der Waals surface area (Å²) in [6.07, 6.45) is 4.67. The van der Waals surface area contributed by atoms with Crippen molar-refractivity contribution in [3.05, 3.63) is 22.0 Å². The fourth-order valence-electron chi connectivity index (χ4n) is 2.84. The van der Waals surface area contributed by atoms with Crippen molar-refractivity contribution in [1.29, 1.82) is 5.26 Å². The van der Waals surface area contributed by atoms with Gasteiger partial charge in [0.25, 0.3) is 0 Å². The minimum atomic E-state index is -0.279. The van der Waals surface area contributed by atoms with Crippen molar-refractivity contribution >= 4 is 22.8 Å². The number of fused-ring (bicyclic) bond motifs is 1. The first kappa shape index (κ1) is 13.1. The lowest BCUT2D eigenvalue weighted by Crippen LogP contribution is -2.29. The lowest BCUT2D eigenvalue weighted by molar-refractivity contribution is 0.231. The van der Waals surface area contributed by atoms with E-state index in [1.165, 1.54) is 6.20 Å². The van der Waals surface area contributed by atoms with E-state index in [4.69, 9.17) is 16.9 Å². The predicted molar refractivity (Wildman–Crippen MR) is 74.4 cm³/mol. The van der Waals surface area contributed by atoms with Crippen LogP contribution in [0.25, 0.3) is 11.2 Å². The quantitative estimate of drug-likeness (QED) is 0.817. The summed E-state index contributed by atoms with van der Waals surface area (Å²) in [7, 11) is 0. The van der Waals surface area contributed by atoms with Gasteiger partial charge in [-0.3, -0.25) is 4.57 Å². The van der Waals surface area contributed by atoms with Crippen molar-refractivity contribution in [3.63, 3.8) is 0 Å². The first-order chi connectivity index (χ1) is 9.52. The molecular weight excluding hydrogens is 278 g/mol. The monoisotopic (exact) mass is 291 g/mol. The van der Waals surface area contributed by atoms with Crippen LogP contribution in [0, 0.1) is 16.7 Å².